The van der Waals surface area contributed by atoms with Crippen molar-refractivity contribution in [1.29, 1.82) is 0 Å². The Morgan fingerprint density at radius 3 is 2.56 bits per heavy atom. The summed E-state index contributed by atoms with van der Waals surface area (Å²) in [6, 6.07) is 10.6. The Labute approximate surface area is 157 Å². The number of carbonyl (C=O) groups is 1. The Hall–Kier alpha value is -2.32. The number of halogens is 2. The normalized spacial score (nSPS) is 14.6. The number of carbonyl (C=O) groups excluding carboxylic acids is 1. The van der Waals surface area contributed by atoms with E-state index in [2.05, 4.69) is 5.32 Å². The lowest BCUT2D eigenvalue weighted by Gasteiger charge is -2.28. The number of hydrogen-bond donors (Lipinski definition) is 1. The first-order chi connectivity index (χ1) is 12.9. The van der Waals surface area contributed by atoms with Gasteiger partial charge < -0.3 is 5.32 Å². The van der Waals surface area contributed by atoms with Crippen molar-refractivity contribution in [2.24, 2.45) is 0 Å². The fraction of sp³-hybridized carbons (Fsp3) is 0.316. The molecule has 144 valence electrons. The molecule has 0 spiro atoms. The Balaban J connectivity index is 1.49. The number of amides is 1. The zero-order valence-electron chi connectivity index (χ0n) is 14.6. The Kier molecular flexibility index (Phi) is 5.86. The van der Waals surface area contributed by atoms with E-state index in [-0.39, 0.29) is 24.3 Å². The van der Waals surface area contributed by atoms with Crippen molar-refractivity contribution in [2.75, 3.05) is 18.8 Å². The SMILES string of the molecule is O=C(NCCCS(=O)(=O)N1CCc2ccccc2C1)c1ccc(F)c(F)c1. The maximum atomic E-state index is 13.2. The van der Waals surface area contributed by atoms with Crippen LogP contribution in [0.25, 0.3) is 0 Å². The van der Waals surface area contributed by atoms with E-state index >= 15 is 0 Å². The summed E-state index contributed by atoms with van der Waals surface area (Å²) in [4.78, 5) is 11.9. The summed E-state index contributed by atoms with van der Waals surface area (Å²) in [6.07, 6.45) is 0.915. The molecule has 0 aliphatic carbocycles. The molecule has 1 aliphatic rings. The summed E-state index contributed by atoms with van der Waals surface area (Å²) in [7, 11) is -3.43. The summed E-state index contributed by atoms with van der Waals surface area (Å²) >= 11 is 0. The third-order valence-electron chi connectivity index (χ3n) is 4.54. The molecule has 1 aliphatic heterocycles. The highest BCUT2D eigenvalue weighted by Crippen LogP contribution is 2.21. The highest BCUT2D eigenvalue weighted by atomic mass is 32.2. The van der Waals surface area contributed by atoms with E-state index in [0.29, 0.717) is 19.5 Å². The van der Waals surface area contributed by atoms with E-state index in [9.17, 15) is 22.0 Å². The lowest BCUT2D eigenvalue weighted by molar-refractivity contribution is 0.0953. The highest BCUT2D eigenvalue weighted by molar-refractivity contribution is 7.89. The first kappa shape index (κ1) is 19.4. The van der Waals surface area contributed by atoms with Crippen molar-refractivity contribution in [3.63, 3.8) is 0 Å². The minimum absolute atomic E-state index is 0.00982. The van der Waals surface area contributed by atoms with Gasteiger partial charge in [-0.3, -0.25) is 4.79 Å². The fourth-order valence-corrected chi connectivity index (χ4v) is 4.50. The number of benzene rings is 2. The van der Waals surface area contributed by atoms with Crippen LogP contribution in [0.2, 0.25) is 0 Å². The van der Waals surface area contributed by atoms with Gasteiger partial charge in [0.15, 0.2) is 11.6 Å². The molecule has 0 radical (unpaired) electrons. The van der Waals surface area contributed by atoms with E-state index in [4.69, 9.17) is 0 Å². The lowest BCUT2D eigenvalue weighted by atomic mass is 10.0. The molecular weight excluding hydrogens is 374 g/mol. The molecule has 0 bridgehead atoms. The molecule has 5 nitrogen and oxygen atoms in total. The van der Waals surface area contributed by atoms with Gasteiger partial charge in [-0.1, -0.05) is 24.3 Å². The van der Waals surface area contributed by atoms with Gasteiger partial charge >= 0.3 is 0 Å². The molecule has 8 heteroatoms. The van der Waals surface area contributed by atoms with Crippen molar-refractivity contribution < 1.29 is 22.0 Å². The van der Waals surface area contributed by atoms with Crippen LogP contribution < -0.4 is 5.32 Å². The minimum Gasteiger partial charge on any atom is -0.352 e. The van der Waals surface area contributed by atoms with Gasteiger partial charge in [0.1, 0.15) is 0 Å². The average molecular weight is 394 g/mol. The molecule has 1 N–H and O–H groups in total. The predicted molar refractivity (Wildman–Crippen MR) is 97.7 cm³/mol. The van der Waals surface area contributed by atoms with Crippen LogP contribution in [0.1, 0.15) is 27.9 Å². The molecule has 0 unspecified atom stereocenters. The molecule has 27 heavy (non-hydrogen) atoms. The third-order valence-corrected chi connectivity index (χ3v) is 6.44. The van der Waals surface area contributed by atoms with Crippen LogP contribution in [0.4, 0.5) is 8.78 Å². The Bertz CT molecular complexity index is 948. The van der Waals surface area contributed by atoms with E-state index in [0.717, 1.165) is 17.7 Å². The number of nitrogens with one attached hydrogen (secondary N) is 1. The van der Waals surface area contributed by atoms with Crippen molar-refractivity contribution in [1.82, 2.24) is 9.62 Å². The van der Waals surface area contributed by atoms with Crippen LogP contribution in [0.15, 0.2) is 42.5 Å². The van der Waals surface area contributed by atoms with Gasteiger partial charge in [-0.2, -0.15) is 4.31 Å². The third kappa shape index (κ3) is 4.70. The first-order valence-electron chi connectivity index (χ1n) is 8.65. The van der Waals surface area contributed by atoms with Gasteiger partial charge in [0, 0.05) is 25.2 Å². The number of fused-ring (bicyclic) bond motifs is 1. The highest BCUT2D eigenvalue weighted by Gasteiger charge is 2.26. The molecule has 0 atom stereocenters. The van der Waals surface area contributed by atoms with Crippen LogP contribution in [0.3, 0.4) is 0 Å². The van der Waals surface area contributed by atoms with Gasteiger partial charge in [-0.25, -0.2) is 17.2 Å². The van der Waals surface area contributed by atoms with Gasteiger partial charge in [-0.15, -0.1) is 0 Å². The minimum atomic E-state index is -3.43. The van der Waals surface area contributed by atoms with Gasteiger partial charge in [0.05, 0.1) is 5.75 Å². The molecule has 3 rings (SSSR count). The van der Waals surface area contributed by atoms with Crippen LogP contribution in [-0.4, -0.2) is 37.5 Å². The quantitative estimate of drug-likeness (QED) is 0.766. The van der Waals surface area contributed by atoms with Crippen LogP contribution in [0.5, 0.6) is 0 Å². The second-order valence-electron chi connectivity index (χ2n) is 6.41. The largest absolute Gasteiger partial charge is 0.352 e. The maximum Gasteiger partial charge on any atom is 0.251 e. The summed E-state index contributed by atoms with van der Waals surface area (Å²) in [6.45, 7) is 0.932. The van der Waals surface area contributed by atoms with Gasteiger partial charge in [-0.05, 0) is 42.2 Å². The second kappa shape index (κ2) is 8.14. The fourth-order valence-electron chi connectivity index (χ4n) is 3.03. The van der Waals surface area contributed by atoms with Crippen molar-refractivity contribution in [3.8, 4) is 0 Å². The molecule has 0 fully saturated rings. The average Bonchev–Trinajstić information content (AvgIpc) is 2.66. The van der Waals surface area contributed by atoms with Crippen molar-refractivity contribution >= 4 is 15.9 Å². The standard InChI is InChI=1S/C19H20F2N2O3S/c20-17-7-6-15(12-18(17)21)19(24)22-9-3-11-27(25,26)23-10-8-14-4-1-2-5-16(14)13-23/h1-2,4-7,12H,3,8-11,13H2,(H,22,24). The number of sulfonamides is 1. The van der Waals surface area contributed by atoms with Crippen molar-refractivity contribution in [2.45, 2.75) is 19.4 Å². The molecule has 0 saturated heterocycles. The van der Waals surface area contributed by atoms with E-state index in [1.165, 1.54) is 15.9 Å². The smallest absolute Gasteiger partial charge is 0.251 e. The second-order valence-corrected chi connectivity index (χ2v) is 8.50. The molecule has 2 aromatic rings. The summed E-state index contributed by atoms with van der Waals surface area (Å²) in [5.41, 5.74) is 2.17. The maximum absolute atomic E-state index is 13.2. The summed E-state index contributed by atoms with van der Waals surface area (Å²) in [5.74, 6) is -2.79. The molecule has 0 aromatic heterocycles. The summed E-state index contributed by atoms with van der Waals surface area (Å²) in [5, 5.41) is 2.53. The van der Waals surface area contributed by atoms with E-state index < -0.39 is 27.6 Å². The first-order valence-corrected chi connectivity index (χ1v) is 10.3. The molecule has 1 heterocycles. The molecule has 0 saturated carbocycles. The van der Waals surface area contributed by atoms with Gasteiger partial charge in [0.2, 0.25) is 10.0 Å². The Morgan fingerprint density at radius 2 is 1.81 bits per heavy atom. The molecular formula is C19H20F2N2O3S. The topological polar surface area (TPSA) is 66.5 Å². The van der Waals surface area contributed by atoms with E-state index in [1.807, 2.05) is 24.3 Å². The Morgan fingerprint density at radius 1 is 1.07 bits per heavy atom. The van der Waals surface area contributed by atoms with Crippen LogP contribution >= 0.6 is 0 Å². The molecule has 1 amide bonds. The monoisotopic (exact) mass is 394 g/mol. The zero-order chi connectivity index (χ0) is 19.4. The van der Waals surface area contributed by atoms with E-state index in [1.54, 1.807) is 0 Å². The summed E-state index contributed by atoms with van der Waals surface area (Å²) < 4.78 is 52.5. The van der Waals surface area contributed by atoms with Crippen LogP contribution in [0, 0.1) is 11.6 Å². The number of nitrogens with zero attached hydrogens (tertiary/aromatic N) is 1. The van der Waals surface area contributed by atoms with Gasteiger partial charge in [0.25, 0.3) is 5.91 Å². The predicted octanol–water partition coefficient (Wildman–Crippen LogP) is 2.47. The number of hydrogen-bond acceptors (Lipinski definition) is 3. The number of rotatable bonds is 6. The van der Waals surface area contributed by atoms with Crippen LogP contribution in [-0.2, 0) is 23.0 Å². The van der Waals surface area contributed by atoms with Crippen molar-refractivity contribution in [3.05, 3.63) is 70.8 Å². The molecule has 2 aromatic carbocycles. The zero-order valence-corrected chi connectivity index (χ0v) is 15.4. The lowest BCUT2D eigenvalue weighted by Crippen LogP contribution is -2.38.